The molecule has 1 aliphatic heterocycles. The quantitative estimate of drug-likeness (QED) is 0.0780. The Bertz CT molecular complexity index is 1860. The Morgan fingerprint density at radius 2 is 1.19 bits per heavy atom. The minimum Gasteiger partial charge on any atom is -0.492 e. The van der Waals surface area contributed by atoms with Crippen LogP contribution in [0.5, 0.6) is 11.5 Å². The van der Waals surface area contributed by atoms with Gasteiger partial charge < -0.3 is 59.9 Å². The van der Waals surface area contributed by atoms with E-state index >= 15 is 0 Å². The topological polar surface area (TPSA) is 224 Å². The van der Waals surface area contributed by atoms with Crippen LogP contribution in [0.15, 0.2) is 36.4 Å². The molecular formula is C49H77N7O12. The first kappa shape index (κ1) is 56.8. The first-order valence-corrected chi connectivity index (χ1v) is 24.0. The molecule has 19 nitrogen and oxygen atoms in total. The molecule has 0 spiro atoms. The summed E-state index contributed by atoms with van der Waals surface area (Å²) in [6.07, 6.45) is 4.89. The van der Waals surface area contributed by atoms with E-state index in [4.69, 9.17) is 28.4 Å². The summed E-state index contributed by atoms with van der Waals surface area (Å²) in [7, 11) is 1.61. The van der Waals surface area contributed by atoms with Gasteiger partial charge in [-0.25, -0.2) is 4.79 Å². The summed E-state index contributed by atoms with van der Waals surface area (Å²) in [4.78, 5) is 83.7. The number of ether oxygens (including phenoxy) is 6. The average molecular weight is 956 g/mol. The van der Waals surface area contributed by atoms with Gasteiger partial charge in [-0.05, 0) is 77.1 Å². The van der Waals surface area contributed by atoms with Gasteiger partial charge in [-0.15, -0.1) is 0 Å². The van der Waals surface area contributed by atoms with E-state index in [1.165, 1.54) is 4.90 Å². The summed E-state index contributed by atoms with van der Waals surface area (Å²) in [5.74, 6) is -1.54. The van der Waals surface area contributed by atoms with E-state index in [9.17, 15) is 28.8 Å². The van der Waals surface area contributed by atoms with Crippen LogP contribution in [0.3, 0.4) is 0 Å². The predicted octanol–water partition coefficient (Wildman–Crippen LogP) is 4.18. The van der Waals surface area contributed by atoms with Gasteiger partial charge in [0.1, 0.15) is 17.1 Å². The molecule has 1 unspecified atom stereocenters. The number of rotatable bonds is 23. The van der Waals surface area contributed by atoms with Crippen LogP contribution in [-0.4, -0.2) is 170 Å². The third kappa shape index (κ3) is 21.6. The van der Waals surface area contributed by atoms with Crippen molar-refractivity contribution in [1.82, 2.24) is 36.4 Å². The molecule has 0 aliphatic carbocycles. The van der Waals surface area contributed by atoms with E-state index in [-0.39, 0.29) is 79.7 Å². The maximum Gasteiger partial charge on any atom is 0.407 e. The molecule has 2 aromatic rings. The van der Waals surface area contributed by atoms with Gasteiger partial charge in [-0.1, -0.05) is 38.8 Å². The van der Waals surface area contributed by atoms with Crippen LogP contribution in [0.4, 0.5) is 4.79 Å². The standard InChI is InChI=1S/C49H77N7O12/c1-7-9-28-66-42-38-16-13-17-39(42)45(59)51-22-25-56(36-57)26-23-52-46(60)40-18-14-19-41(43(40)67-29-10-8-2)47(61)54-37(15-11-12-20-53-48(62)68-49(3,4)5)35-55(24-21-50-44(38)58)27-30-64-33-34-65-32-31-63-6/h13-14,16-19,36-37H,7-12,15,20-35H2,1-6H3,(H,50,58)(H,51,59)(H,52,60)(H,53,62)(H,54,61). The summed E-state index contributed by atoms with van der Waals surface area (Å²) in [6.45, 7) is 14.1. The Hall–Kier alpha value is -5.50. The van der Waals surface area contributed by atoms with E-state index in [1.807, 2.05) is 13.8 Å². The molecule has 0 aromatic heterocycles. The summed E-state index contributed by atoms with van der Waals surface area (Å²) in [6, 6.07) is 9.20. The highest BCUT2D eigenvalue weighted by Crippen LogP contribution is 2.27. The lowest BCUT2D eigenvalue weighted by Crippen LogP contribution is -2.47. The molecule has 0 saturated heterocycles. The number of fused-ring (bicyclic) bond motifs is 4. The number of para-hydroxylation sites is 2. The van der Waals surface area contributed by atoms with Crippen molar-refractivity contribution in [1.29, 1.82) is 0 Å². The van der Waals surface area contributed by atoms with E-state index in [0.717, 1.165) is 12.8 Å². The van der Waals surface area contributed by atoms with Gasteiger partial charge in [0, 0.05) is 72.1 Å². The van der Waals surface area contributed by atoms with Crippen LogP contribution in [0.25, 0.3) is 0 Å². The van der Waals surface area contributed by atoms with Crippen LogP contribution in [-0.2, 0) is 23.7 Å². The molecule has 1 heterocycles. The number of unbranched alkanes of at least 4 members (excludes halogenated alkanes) is 3. The first-order valence-electron chi connectivity index (χ1n) is 24.0. The van der Waals surface area contributed by atoms with Crippen molar-refractivity contribution in [2.75, 3.05) is 112 Å². The van der Waals surface area contributed by atoms with Crippen molar-refractivity contribution < 1.29 is 57.2 Å². The Balaban J connectivity index is 2.01. The Morgan fingerprint density at radius 1 is 0.691 bits per heavy atom. The van der Waals surface area contributed by atoms with Crippen molar-refractivity contribution >= 4 is 36.1 Å². The molecule has 2 aromatic carbocycles. The zero-order chi connectivity index (χ0) is 49.6. The molecule has 3 rings (SSSR count). The highest BCUT2D eigenvalue weighted by atomic mass is 16.6. The van der Waals surface area contributed by atoms with Crippen LogP contribution in [0.2, 0.25) is 0 Å². The van der Waals surface area contributed by atoms with Crippen LogP contribution >= 0.6 is 0 Å². The summed E-state index contributed by atoms with van der Waals surface area (Å²) in [5, 5.41) is 14.7. The molecule has 380 valence electrons. The van der Waals surface area contributed by atoms with Gasteiger partial charge in [-0.2, -0.15) is 0 Å². The fourth-order valence-corrected chi connectivity index (χ4v) is 6.95. The second-order valence-corrected chi connectivity index (χ2v) is 17.3. The monoisotopic (exact) mass is 956 g/mol. The van der Waals surface area contributed by atoms with Gasteiger partial charge in [0.25, 0.3) is 23.6 Å². The molecule has 0 radical (unpaired) electrons. The van der Waals surface area contributed by atoms with Gasteiger partial charge in [0.05, 0.1) is 68.5 Å². The fraction of sp³-hybridized carbons (Fsp3) is 0.633. The molecule has 0 fully saturated rings. The van der Waals surface area contributed by atoms with Crippen molar-refractivity contribution in [2.24, 2.45) is 0 Å². The largest absolute Gasteiger partial charge is 0.492 e. The zero-order valence-electron chi connectivity index (χ0n) is 41.2. The Labute approximate surface area is 402 Å². The van der Waals surface area contributed by atoms with Crippen LogP contribution in [0, 0.1) is 0 Å². The number of benzene rings is 2. The Kier molecular flexibility index (Phi) is 27.0. The molecule has 68 heavy (non-hydrogen) atoms. The lowest BCUT2D eigenvalue weighted by atomic mass is 10.0. The smallest absolute Gasteiger partial charge is 0.407 e. The second-order valence-electron chi connectivity index (χ2n) is 17.3. The number of nitrogens with zero attached hydrogens (tertiary/aromatic N) is 2. The highest BCUT2D eigenvalue weighted by Gasteiger charge is 2.26. The third-order valence-corrected chi connectivity index (χ3v) is 10.5. The molecule has 0 saturated carbocycles. The molecule has 5 N–H and O–H groups in total. The van der Waals surface area contributed by atoms with E-state index in [0.29, 0.717) is 97.7 Å². The third-order valence-electron chi connectivity index (χ3n) is 10.5. The van der Waals surface area contributed by atoms with E-state index in [1.54, 1.807) is 64.3 Å². The number of methoxy groups -OCH3 is 1. The van der Waals surface area contributed by atoms with Gasteiger partial charge >= 0.3 is 6.09 Å². The van der Waals surface area contributed by atoms with Crippen LogP contribution < -0.4 is 36.1 Å². The zero-order valence-corrected chi connectivity index (χ0v) is 41.2. The van der Waals surface area contributed by atoms with Crippen molar-refractivity contribution in [2.45, 2.75) is 91.2 Å². The fourth-order valence-electron chi connectivity index (χ4n) is 6.95. The van der Waals surface area contributed by atoms with E-state index in [2.05, 4.69) is 31.5 Å². The van der Waals surface area contributed by atoms with Gasteiger partial charge in [-0.3, -0.25) is 28.9 Å². The van der Waals surface area contributed by atoms with Crippen molar-refractivity contribution in [3.8, 4) is 11.5 Å². The van der Waals surface area contributed by atoms with Crippen LogP contribution in [0.1, 0.15) is 121 Å². The summed E-state index contributed by atoms with van der Waals surface area (Å²) < 4.78 is 34.2. The number of amides is 6. The van der Waals surface area contributed by atoms with Gasteiger partial charge in [0.2, 0.25) is 6.41 Å². The second kappa shape index (κ2) is 32.3. The Morgan fingerprint density at radius 3 is 1.69 bits per heavy atom. The SMILES string of the molecule is CCCCOc1c2cccc1C(=O)NCCN(CCOCCOCCOC)CC(CCCCNC(=O)OC(C)(C)C)NC(=O)c1cccc(c1OCCCC)C(=O)NCCN(C=O)CCNC2=O. The number of hydrogen-bond donors (Lipinski definition) is 5. The summed E-state index contributed by atoms with van der Waals surface area (Å²) >= 11 is 0. The number of carbonyl (C=O) groups is 6. The molecule has 19 heteroatoms. The lowest BCUT2D eigenvalue weighted by molar-refractivity contribution is -0.118. The van der Waals surface area contributed by atoms with Gasteiger partial charge in [0.15, 0.2) is 0 Å². The molecule has 6 amide bonds. The minimum absolute atomic E-state index is 0.0775. The number of hydrogen-bond acceptors (Lipinski definition) is 13. The van der Waals surface area contributed by atoms with Crippen molar-refractivity contribution in [3.63, 3.8) is 0 Å². The first-order chi connectivity index (χ1) is 32.8. The molecule has 1 aliphatic rings. The minimum atomic E-state index is -0.643. The molecule has 4 bridgehead atoms. The maximum atomic E-state index is 14.4. The average Bonchev–Trinajstić information content (AvgIpc) is 3.30. The number of alkyl carbamates (subject to hydrolysis) is 1. The number of carbonyl (C=O) groups excluding carboxylic acids is 6. The van der Waals surface area contributed by atoms with Crippen molar-refractivity contribution in [3.05, 3.63) is 58.7 Å². The highest BCUT2D eigenvalue weighted by molar-refractivity contribution is 6.05. The van der Waals surface area contributed by atoms with E-state index < -0.39 is 41.4 Å². The normalized spacial score (nSPS) is 16.1. The maximum absolute atomic E-state index is 14.4. The number of nitrogens with one attached hydrogen (secondary N) is 5. The molecular weight excluding hydrogens is 879 g/mol. The lowest BCUT2D eigenvalue weighted by Gasteiger charge is -2.29. The predicted molar refractivity (Wildman–Crippen MR) is 258 cm³/mol. The molecule has 1 atom stereocenters. The summed E-state index contributed by atoms with van der Waals surface area (Å²) in [5.41, 5.74) is 0.0757.